The third-order valence-corrected chi connectivity index (χ3v) is 3.56. The summed E-state index contributed by atoms with van der Waals surface area (Å²) >= 11 is 0. The molecule has 2 amide bonds. The van der Waals surface area contributed by atoms with Gasteiger partial charge in [0.25, 0.3) is 0 Å². The summed E-state index contributed by atoms with van der Waals surface area (Å²) in [5.74, 6) is -1.18. The average Bonchev–Trinajstić information content (AvgIpc) is 2.36. The molecule has 0 spiro atoms. The van der Waals surface area contributed by atoms with E-state index in [0.717, 1.165) is 19.3 Å². The number of likely N-dealkylation sites (tertiary alicyclic amines) is 1. The number of carboxylic acids is 1. The van der Waals surface area contributed by atoms with Gasteiger partial charge in [-0.25, -0.2) is 9.59 Å². The zero-order valence-corrected chi connectivity index (χ0v) is 11.6. The topological polar surface area (TPSA) is 89.9 Å². The minimum absolute atomic E-state index is 0.0142. The number of nitrogens with one attached hydrogen (secondary N) is 1. The van der Waals surface area contributed by atoms with Crippen LogP contribution in [0.15, 0.2) is 0 Å². The summed E-state index contributed by atoms with van der Waals surface area (Å²) in [5.41, 5.74) is 0. The van der Waals surface area contributed by atoms with Crippen LogP contribution in [0.5, 0.6) is 0 Å². The second-order valence-corrected chi connectivity index (χ2v) is 5.36. The molecule has 19 heavy (non-hydrogen) atoms. The van der Waals surface area contributed by atoms with Crippen LogP contribution in [0.4, 0.5) is 4.79 Å². The fraction of sp³-hybridized carbons (Fsp3) is 0.846. The second-order valence-electron chi connectivity index (χ2n) is 5.36. The molecule has 1 heterocycles. The summed E-state index contributed by atoms with van der Waals surface area (Å²) in [4.78, 5) is 24.9. The monoisotopic (exact) mass is 272 g/mol. The van der Waals surface area contributed by atoms with Crippen molar-refractivity contribution < 1.29 is 19.8 Å². The van der Waals surface area contributed by atoms with Gasteiger partial charge in [-0.3, -0.25) is 0 Å². The van der Waals surface area contributed by atoms with Crippen LogP contribution in [0.3, 0.4) is 0 Å². The second kappa shape index (κ2) is 7.33. The summed E-state index contributed by atoms with van der Waals surface area (Å²) in [6, 6.07) is -1.19. The number of carbonyl (C=O) groups is 2. The molecule has 1 unspecified atom stereocenters. The van der Waals surface area contributed by atoms with Crippen LogP contribution in [0.1, 0.15) is 39.5 Å². The summed E-state index contributed by atoms with van der Waals surface area (Å²) in [6.07, 6.45) is 3.38. The first-order chi connectivity index (χ1) is 8.97. The van der Waals surface area contributed by atoms with E-state index in [0.29, 0.717) is 13.0 Å². The normalized spacial score (nSPS) is 21.3. The molecule has 1 saturated heterocycles. The van der Waals surface area contributed by atoms with Crippen LogP contribution in [-0.4, -0.2) is 52.3 Å². The van der Waals surface area contributed by atoms with E-state index in [2.05, 4.69) is 5.32 Å². The third-order valence-electron chi connectivity index (χ3n) is 3.56. The maximum absolute atomic E-state index is 12.2. The Balaban J connectivity index is 2.66. The zero-order chi connectivity index (χ0) is 14.4. The Labute approximate surface area is 113 Å². The van der Waals surface area contributed by atoms with Crippen molar-refractivity contribution >= 4 is 12.0 Å². The van der Waals surface area contributed by atoms with Gasteiger partial charge in [0.1, 0.15) is 6.04 Å². The minimum atomic E-state index is -1.01. The lowest BCUT2D eigenvalue weighted by Gasteiger charge is -2.36. The number of carboxylic acid groups (broad SMARTS) is 1. The van der Waals surface area contributed by atoms with E-state index in [1.54, 1.807) is 18.7 Å². The molecule has 0 radical (unpaired) electrons. The first-order valence-corrected chi connectivity index (χ1v) is 6.88. The lowest BCUT2D eigenvalue weighted by atomic mass is 10.00. The van der Waals surface area contributed by atoms with E-state index in [-0.39, 0.29) is 24.6 Å². The van der Waals surface area contributed by atoms with E-state index < -0.39 is 12.0 Å². The molecule has 1 aliphatic rings. The molecule has 110 valence electrons. The smallest absolute Gasteiger partial charge is 0.326 e. The molecule has 0 bridgehead atoms. The Bertz CT molecular complexity index is 318. The van der Waals surface area contributed by atoms with Crippen molar-refractivity contribution in [1.82, 2.24) is 10.2 Å². The van der Waals surface area contributed by atoms with Gasteiger partial charge >= 0.3 is 12.0 Å². The molecular weight excluding hydrogens is 248 g/mol. The molecule has 0 saturated carbocycles. The van der Waals surface area contributed by atoms with Gasteiger partial charge in [0.05, 0.1) is 0 Å². The SMILES string of the molecule is CC(C)[C@H](NC(=O)N1CCCCC1CCO)C(=O)O. The first-order valence-electron chi connectivity index (χ1n) is 6.88. The van der Waals surface area contributed by atoms with Gasteiger partial charge in [0.2, 0.25) is 0 Å². The number of rotatable bonds is 5. The number of piperidine rings is 1. The van der Waals surface area contributed by atoms with Gasteiger partial charge in [-0.05, 0) is 31.6 Å². The van der Waals surface area contributed by atoms with Crippen molar-refractivity contribution in [2.75, 3.05) is 13.2 Å². The Morgan fingerprint density at radius 2 is 2.05 bits per heavy atom. The number of nitrogens with zero attached hydrogens (tertiary/aromatic N) is 1. The van der Waals surface area contributed by atoms with Crippen LogP contribution < -0.4 is 5.32 Å². The van der Waals surface area contributed by atoms with Crippen LogP contribution in [-0.2, 0) is 4.79 Å². The van der Waals surface area contributed by atoms with E-state index in [4.69, 9.17) is 10.2 Å². The van der Waals surface area contributed by atoms with Crippen LogP contribution in [0.2, 0.25) is 0 Å². The summed E-state index contributed by atoms with van der Waals surface area (Å²) in [5, 5.41) is 20.7. The number of amides is 2. The number of carbonyl (C=O) groups excluding carboxylic acids is 1. The van der Waals surface area contributed by atoms with Gasteiger partial charge in [-0.15, -0.1) is 0 Å². The van der Waals surface area contributed by atoms with Crippen molar-refractivity contribution in [3.63, 3.8) is 0 Å². The minimum Gasteiger partial charge on any atom is -0.480 e. The molecule has 0 aromatic carbocycles. The summed E-state index contributed by atoms with van der Waals surface area (Å²) in [6.45, 7) is 4.20. The van der Waals surface area contributed by atoms with E-state index in [9.17, 15) is 9.59 Å². The van der Waals surface area contributed by atoms with Crippen molar-refractivity contribution in [3.8, 4) is 0 Å². The average molecular weight is 272 g/mol. The number of aliphatic hydroxyl groups is 1. The van der Waals surface area contributed by atoms with Gasteiger partial charge in [0, 0.05) is 19.2 Å². The fourth-order valence-corrected chi connectivity index (χ4v) is 2.45. The van der Waals surface area contributed by atoms with E-state index in [1.807, 2.05) is 0 Å². The highest BCUT2D eigenvalue weighted by Crippen LogP contribution is 2.19. The van der Waals surface area contributed by atoms with Crippen LogP contribution in [0.25, 0.3) is 0 Å². The van der Waals surface area contributed by atoms with Gasteiger partial charge in [-0.1, -0.05) is 13.8 Å². The van der Waals surface area contributed by atoms with E-state index >= 15 is 0 Å². The maximum atomic E-state index is 12.2. The molecule has 1 fully saturated rings. The van der Waals surface area contributed by atoms with Crippen molar-refractivity contribution in [1.29, 1.82) is 0 Å². The molecule has 1 aliphatic heterocycles. The van der Waals surface area contributed by atoms with Crippen molar-refractivity contribution in [2.24, 2.45) is 5.92 Å². The number of aliphatic carboxylic acids is 1. The van der Waals surface area contributed by atoms with Crippen LogP contribution in [0, 0.1) is 5.92 Å². The lowest BCUT2D eigenvalue weighted by molar-refractivity contribution is -0.140. The molecule has 6 nitrogen and oxygen atoms in total. The fourth-order valence-electron chi connectivity index (χ4n) is 2.45. The number of aliphatic hydroxyl groups excluding tert-OH is 1. The van der Waals surface area contributed by atoms with Crippen molar-refractivity contribution in [2.45, 2.75) is 51.6 Å². The highest BCUT2D eigenvalue weighted by molar-refractivity contribution is 5.83. The Morgan fingerprint density at radius 3 is 2.58 bits per heavy atom. The predicted molar refractivity (Wildman–Crippen MR) is 70.8 cm³/mol. The standard InChI is InChI=1S/C13H24N2O4/c1-9(2)11(12(17)18)14-13(19)15-7-4-3-5-10(15)6-8-16/h9-11,16H,3-8H2,1-2H3,(H,14,19)(H,17,18)/t10?,11-/m0/s1. The molecule has 3 N–H and O–H groups in total. The van der Waals surface area contributed by atoms with Crippen LogP contribution >= 0.6 is 0 Å². The lowest BCUT2D eigenvalue weighted by Crippen LogP contribution is -2.54. The molecule has 2 atom stereocenters. The van der Waals surface area contributed by atoms with Gasteiger partial charge in [-0.2, -0.15) is 0 Å². The number of hydrogen-bond donors (Lipinski definition) is 3. The van der Waals surface area contributed by atoms with E-state index in [1.165, 1.54) is 0 Å². The molecular formula is C13H24N2O4. The van der Waals surface area contributed by atoms with Gasteiger partial charge < -0.3 is 20.4 Å². The number of urea groups is 1. The Kier molecular flexibility index (Phi) is 6.08. The highest BCUT2D eigenvalue weighted by Gasteiger charge is 2.30. The molecule has 1 rings (SSSR count). The van der Waals surface area contributed by atoms with Crippen molar-refractivity contribution in [3.05, 3.63) is 0 Å². The summed E-state index contributed by atoms with van der Waals surface area (Å²) in [7, 11) is 0. The quantitative estimate of drug-likeness (QED) is 0.697. The number of hydrogen-bond acceptors (Lipinski definition) is 3. The summed E-state index contributed by atoms with van der Waals surface area (Å²) < 4.78 is 0. The highest BCUT2D eigenvalue weighted by atomic mass is 16.4. The largest absolute Gasteiger partial charge is 0.480 e. The molecule has 6 heteroatoms. The Morgan fingerprint density at radius 1 is 1.37 bits per heavy atom. The zero-order valence-electron chi connectivity index (χ0n) is 11.6. The van der Waals surface area contributed by atoms with Gasteiger partial charge in [0.15, 0.2) is 0 Å². The third kappa shape index (κ3) is 4.38. The molecule has 0 aromatic rings. The Hall–Kier alpha value is -1.30. The molecule has 0 aliphatic carbocycles. The maximum Gasteiger partial charge on any atom is 0.326 e. The molecule has 0 aromatic heterocycles. The predicted octanol–water partition coefficient (Wildman–Crippen LogP) is 1.04. The first kappa shape index (κ1) is 15.8.